The number of carbonyl (C=O) groups is 1. The molecule has 1 fully saturated rings. The fourth-order valence-corrected chi connectivity index (χ4v) is 3.91. The molecule has 1 aliphatic rings. The zero-order valence-corrected chi connectivity index (χ0v) is 15.3. The van der Waals surface area contributed by atoms with Gasteiger partial charge in [0.1, 0.15) is 0 Å². The van der Waals surface area contributed by atoms with Gasteiger partial charge < -0.3 is 10.2 Å². The van der Waals surface area contributed by atoms with E-state index in [-0.39, 0.29) is 29.0 Å². The van der Waals surface area contributed by atoms with E-state index in [1.165, 1.54) is 12.8 Å². The van der Waals surface area contributed by atoms with E-state index in [0.29, 0.717) is 13.1 Å². The van der Waals surface area contributed by atoms with Crippen LogP contribution in [0, 0.1) is 0 Å². The Labute approximate surface area is 135 Å². The van der Waals surface area contributed by atoms with Crippen molar-refractivity contribution in [3.63, 3.8) is 0 Å². The Balaban J connectivity index is 2.62. The molecular formula is C16H32N2O3S. The summed E-state index contributed by atoms with van der Waals surface area (Å²) in [5, 5.41) is 3.41. The topological polar surface area (TPSA) is 66.5 Å². The molecule has 0 aromatic carbocycles. The van der Waals surface area contributed by atoms with Crippen LogP contribution < -0.4 is 5.32 Å². The van der Waals surface area contributed by atoms with Crippen molar-refractivity contribution >= 4 is 15.7 Å². The third-order valence-corrected chi connectivity index (χ3v) is 5.52. The van der Waals surface area contributed by atoms with E-state index in [9.17, 15) is 13.2 Å². The molecular weight excluding hydrogens is 300 g/mol. The summed E-state index contributed by atoms with van der Waals surface area (Å²) in [4.78, 5) is 14.4. The van der Waals surface area contributed by atoms with Gasteiger partial charge in [0, 0.05) is 18.6 Å². The van der Waals surface area contributed by atoms with Gasteiger partial charge in [0.05, 0.1) is 17.5 Å². The first-order valence-electron chi connectivity index (χ1n) is 8.41. The van der Waals surface area contributed by atoms with Gasteiger partial charge in [0.15, 0.2) is 9.84 Å². The highest BCUT2D eigenvalue weighted by Crippen LogP contribution is 2.14. The molecule has 0 aliphatic carbocycles. The maximum atomic E-state index is 12.7. The number of unbranched alkanes of at least 4 members (excludes halogenated alkanes) is 3. The molecule has 1 unspecified atom stereocenters. The van der Waals surface area contributed by atoms with Crippen LogP contribution in [0.2, 0.25) is 0 Å². The van der Waals surface area contributed by atoms with Crippen LogP contribution in [0.4, 0.5) is 0 Å². The van der Waals surface area contributed by atoms with Gasteiger partial charge in [-0.05, 0) is 27.2 Å². The van der Waals surface area contributed by atoms with E-state index in [0.717, 1.165) is 19.3 Å². The zero-order valence-electron chi connectivity index (χ0n) is 14.5. The smallest absolute Gasteiger partial charge is 0.239 e. The highest BCUT2D eigenvalue weighted by molar-refractivity contribution is 7.91. The van der Waals surface area contributed by atoms with Crippen LogP contribution in [-0.4, -0.2) is 55.4 Å². The summed E-state index contributed by atoms with van der Waals surface area (Å²) in [7, 11) is -2.95. The molecule has 1 heterocycles. The standard InChI is InChI=1S/C16H32N2O3S/c1-5-6-7-8-9-14(17-16(2,3)4)15(19)18-10-12-22(20,21)13-11-18/h14,17H,5-13H2,1-4H3. The highest BCUT2D eigenvalue weighted by atomic mass is 32.2. The number of carbonyl (C=O) groups excluding carboxylic acids is 1. The number of hydrogen-bond acceptors (Lipinski definition) is 4. The minimum atomic E-state index is -2.95. The second kappa shape index (κ2) is 8.29. The zero-order chi connectivity index (χ0) is 16.8. The van der Waals surface area contributed by atoms with Crippen molar-refractivity contribution in [2.45, 2.75) is 71.4 Å². The average Bonchev–Trinajstić information content (AvgIpc) is 2.40. The van der Waals surface area contributed by atoms with Crippen LogP contribution in [0.5, 0.6) is 0 Å². The van der Waals surface area contributed by atoms with Crippen molar-refractivity contribution in [3.8, 4) is 0 Å². The molecule has 0 saturated carbocycles. The van der Waals surface area contributed by atoms with Gasteiger partial charge >= 0.3 is 0 Å². The molecule has 1 aliphatic heterocycles. The fraction of sp³-hybridized carbons (Fsp3) is 0.938. The van der Waals surface area contributed by atoms with Crippen LogP contribution >= 0.6 is 0 Å². The van der Waals surface area contributed by atoms with E-state index < -0.39 is 9.84 Å². The van der Waals surface area contributed by atoms with E-state index >= 15 is 0 Å². The molecule has 1 atom stereocenters. The largest absolute Gasteiger partial charge is 0.339 e. The number of hydrogen-bond donors (Lipinski definition) is 1. The first-order valence-corrected chi connectivity index (χ1v) is 10.2. The van der Waals surface area contributed by atoms with Gasteiger partial charge in [-0.1, -0.05) is 32.6 Å². The highest BCUT2D eigenvalue weighted by Gasteiger charge is 2.31. The molecule has 6 heteroatoms. The molecule has 1 rings (SSSR count). The van der Waals surface area contributed by atoms with E-state index in [1.807, 2.05) is 0 Å². The Morgan fingerprint density at radius 2 is 1.73 bits per heavy atom. The van der Waals surface area contributed by atoms with Gasteiger partial charge in [-0.25, -0.2) is 8.42 Å². The summed E-state index contributed by atoms with van der Waals surface area (Å²) in [5.41, 5.74) is -0.132. The predicted molar refractivity (Wildman–Crippen MR) is 90.7 cm³/mol. The van der Waals surface area contributed by atoms with Crippen molar-refractivity contribution < 1.29 is 13.2 Å². The maximum Gasteiger partial charge on any atom is 0.239 e. The lowest BCUT2D eigenvalue weighted by Gasteiger charge is -2.34. The van der Waals surface area contributed by atoms with Crippen LogP contribution in [0.1, 0.15) is 59.8 Å². The number of nitrogens with one attached hydrogen (secondary N) is 1. The van der Waals surface area contributed by atoms with Crippen molar-refractivity contribution in [3.05, 3.63) is 0 Å². The average molecular weight is 333 g/mol. The monoisotopic (exact) mass is 332 g/mol. The molecule has 1 saturated heterocycles. The molecule has 130 valence electrons. The molecule has 0 bridgehead atoms. The first kappa shape index (κ1) is 19.4. The van der Waals surface area contributed by atoms with Crippen LogP contribution in [-0.2, 0) is 14.6 Å². The normalized spacial score (nSPS) is 19.9. The Bertz CT molecular complexity index is 441. The summed E-state index contributed by atoms with van der Waals surface area (Å²) in [6, 6.07) is -0.210. The third-order valence-electron chi connectivity index (χ3n) is 3.91. The van der Waals surface area contributed by atoms with Gasteiger partial charge in [0.2, 0.25) is 5.91 Å². The number of sulfone groups is 1. The van der Waals surface area contributed by atoms with Crippen molar-refractivity contribution in [1.82, 2.24) is 10.2 Å². The predicted octanol–water partition coefficient (Wildman–Crippen LogP) is 1.97. The Morgan fingerprint density at radius 1 is 1.14 bits per heavy atom. The number of nitrogens with zero attached hydrogens (tertiary/aromatic N) is 1. The third kappa shape index (κ3) is 7.09. The summed E-state index contributed by atoms with van der Waals surface area (Å²) in [6.45, 7) is 9.00. The van der Waals surface area contributed by atoms with Gasteiger partial charge in [-0.15, -0.1) is 0 Å². The quantitative estimate of drug-likeness (QED) is 0.724. The molecule has 5 nitrogen and oxygen atoms in total. The minimum absolute atomic E-state index is 0.0568. The van der Waals surface area contributed by atoms with Gasteiger partial charge in [-0.3, -0.25) is 4.79 Å². The van der Waals surface area contributed by atoms with Gasteiger partial charge in [0.25, 0.3) is 0 Å². The molecule has 1 N–H and O–H groups in total. The number of rotatable bonds is 7. The molecule has 0 radical (unpaired) electrons. The maximum absolute atomic E-state index is 12.7. The second-order valence-corrected chi connectivity index (χ2v) is 9.58. The first-order chi connectivity index (χ1) is 10.1. The fourth-order valence-electron chi connectivity index (χ4n) is 2.71. The lowest BCUT2D eigenvalue weighted by Crippen LogP contribution is -2.55. The second-order valence-electron chi connectivity index (χ2n) is 7.27. The van der Waals surface area contributed by atoms with Gasteiger partial charge in [-0.2, -0.15) is 0 Å². The molecule has 0 aromatic rings. The van der Waals surface area contributed by atoms with Crippen LogP contribution in [0.3, 0.4) is 0 Å². The Hall–Kier alpha value is -0.620. The van der Waals surface area contributed by atoms with E-state index in [4.69, 9.17) is 0 Å². The lowest BCUT2D eigenvalue weighted by atomic mass is 10.0. The lowest BCUT2D eigenvalue weighted by molar-refractivity contribution is -0.133. The van der Waals surface area contributed by atoms with Crippen molar-refractivity contribution in [2.75, 3.05) is 24.6 Å². The molecule has 1 amide bonds. The van der Waals surface area contributed by atoms with Crippen molar-refractivity contribution in [1.29, 1.82) is 0 Å². The number of amides is 1. The Kier molecular flexibility index (Phi) is 7.32. The van der Waals surface area contributed by atoms with Crippen LogP contribution in [0.15, 0.2) is 0 Å². The summed E-state index contributed by atoms with van der Waals surface area (Å²) >= 11 is 0. The minimum Gasteiger partial charge on any atom is -0.339 e. The summed E-state index contributed by atoms with van der Waals surface area (Å²) in [5.74, 6) is 0.245. The van der Waals surface area contributed by atoms with E-state index in [1.54, 1.807) is 4.90 Å². The Morgan fingerprint density at radius 3 is 2.23 bits per heavy atom. The van der Waals surface area contributed by atoms with Crippen LogP contribution in [0.25, 0.3) is 0 Å². The molecule has 0 spiro atoms. The molecule has 22 heavy (non-hydrogen) atoms. The SMILES string of the molecule is CCCCCCC(NC(C)(C)C)C(=O)N1CCS(=O)(=O)CC1. The summed E-state index contributed by atoms with van der Waals surface area (Å²) in [6.07, 6.45) is 5.35. The van der Waals surface area contributed by atoms with E-state index in [2.05, 4.69) is 33.0 Å². The molecule has 0 aromatic heterocycles. The van der Waals surface area contributed by atoms with Crippen molar-refractivity contribution in [2.24, 2.45) is 0 Å². The summed E-state index contributed by atoms with van der Waals surface area (Å²) < 4.78 is 23.0.